The van der Waals surface area contributed by atoms with Crippen LogP contribution in [0.15, 0.2) is 36.4 Å². The summed E-state index contributed by atoms with van der Waals surface area (Å²) >= 11 is 0. The molecule has 2 heterocycles. The molecule has 0 saturated carbocycles. The highest BCUT2D eigenvalue weighted by Gasteiger charge is 2.44. The topological polar surface area (TPSA) is 42.0 Å². The smallest absolute Gasteiger partial charge is 0.416 e. The maximum atomic E-state index is 13.6. The molecule has 14 heteroatoms. The summed E-state index contributed by atoms with van der Waals surface area (Å²) in [6.07, 6.45) is -16.9. The van der Waals surface area contributed by atoms with E-state index in [0.29, 0.717) is 44.0 Å². The van der Waals surface area contributed by atoms with E-state index in [1.165, 1.54) is 13.0 Å². The highest BCUT2D eigenvalue weighted by atomic mass is 19.4. The van der Waals surface area contributed by atoms with Gasteiger partial charge < -0.3 is 14.4 Å². The number of carbonyl (C=O) groups excluding carboxylic acids is 1. The molecule has 4 rings (SSSR count). The van der Waals surface area contributed by atoms with Crippen molar-refractivity contribution in [2.45, 2.75) is 63.5 Å². The van der Waals surface area contributed by atoms with Crippen molar-refractivity contribution in [2.24, 2.45) is 0 Å². The van der Waals surface area contributed by atoms with Gasteiger partial charge in [-0.1, -0.05) is 0 Å². The SMILES string of the molecule is CCN(c1ccc(C(F)(F)F)cc1CN1C(=O)OC(c2cc(C(F)(F)F)cc(C(F)(F)F)c2)C1C)C1CCOC1. The first kappa shape index (κ1) is 29.8. The molecule has 2 saturated heterocycles. The van der Waals surface area contributed by atoms with Crippen molar-refractivity contribution in [3.63, 3.8) is 0 Å². The molecule has 2 aromatic rings. The van der Waals surface area contributed by atoms with Crippen LogP contribution in [-0.2, 0) is 34.5 Å². The van der Waals surface area contributed by atoms with Crippen molar-refractivity contribution < 1.29 is 53.8 Å². The van der Waals surface area contributed by atoms with Crippen molar-refractivity contribution in [1.29, 1.82) is 0 Å². The Bertz CT molecular complexity index is 1210. The zero-order valence-corrected chi connectivity index (χ0v) is 21.3. The van der Waals surface area contributed by atoms with Gasteiger partial charge in [0, 0.05) is 18.8 Å². The second-order valence-corrected chi connectivity index (χ2v) is 9.66. The fourth-order valence-electron chi connectivity index (χ4n) is 5.05. The standard InChI is InChI=1S/C26H25F9N2O3/c1-3-36(20-6-7-39-13-20)21-5-4-17(24(27,28)29)10-16(21)12-37-14(2)22(40-23(37)38)15-8-18(25(30,31)32)11-19(9-15)26(33,34)35/h4-5,8-11,14,20,22H,3,6-7,12-13H2,1-2H3. The van der Waals surface area contributed by atoms with Crippen LogP contribution in [0.5, 0.6) is 0 Å². The average Bonchev–Trinajstić information content (AvgIpc) is 3.48. The van der Waals surface area contributed by atoms with Crippen molar-refractivity contribution in [1.82, 2.24) is 4.90 Å². The molecule has 0 aliphatic carbocycles. The summed E-state index contributed by atoms with van der Waals surface area (Å²) in [5.41, 5.74) is -4.17. The van der Waals surface area contributed by atoms with Gasteiger partial charge in [-0.15, -0.1) is 0 Å². The number of likely N-dealkylation sites (N-methyl/N-ethyl adjacent to an activating group) is 1. The Hall–Kier alpha value is -3.16. The number of rotatable bonds is 6. The van der Waals surface area contributed by atoms with Crippen LogP contribution >= 0.6 is 0 Å². The van der Waals surface area contributed by atoms with Crippen molar-refractivity contribution in [3.8, 4) is 0 Å². The maximum absolute atomic E-state index is 13.6. The second kappa shape index (κ2) is 10.7. The fraction of sp³-hybridized carbons (Fsp3) is 0.500. The minimum absolute atomic E-state index is 0.0380. The van der Waals surface area contributed by atoms with Gasteiger partial charge >= 0.3 is 24.6 Å². The Balaban J connectivity index is 1.71. The van der Waals surface area contributed by atoms with Crippen molar-refractivity contribution in [2.75, 3.05) is 24.7 Å². The van der Waals surface area contributed by atoms with Gasteiger partial charge in [0.1, 0.15) is 6.10 Å². The number of carbonyl (C=O) groups is 1. The second-order valence-electron chi connectivity index (χ2n) is 9.66. The van der Waals surface area contributed by atoms with Gasteiger partial charge in [0.25, 0.3) is 0 Å². The predicted molar refractivity (Wildman–Crippen MR) is 124 cm³/mol. The lowest BCUT2D eigenvalue weighted by Crippen LogP contribution is -2.37. The summed E-state index contributed by atoms with van der Waals surface area (Å²) in [6.45, 7) is 3.93. The molecular weight excluding hydrogens is 559 g/mol. The summed E-state index contributed by atoms with van der Waals surface area (Å²) in [5.74, 6) is 0. The first-order valence-corrected chi connectivity index (χ1v) is 12.3. The first-order chi connectivity index (χ1) is 18.5. The molecule has 3 unspecified atom stereocenters. The Morgan fingerprint density at radius 3 is 2.00 bits per heavy atom. The number of amides is 1. The van der Waals surface area contributed by atoms with Gasteiger partial charge in [0.05, 0.1) is 41.9 Å². The van der Waals surface area contributed by atoms with Crippen LogP contribution in [0.3, 0.4) is 0 Å². The van der Waals surface area contributed by atoms with E-state index in [9.17, 15) is 44.3 Å². The van der Waals surface area contributed by atoms with Crippen LogP contribution < -0.4 is 4.90 Å². The summed E-state index contributed by atoms with van der Waals surface area (Å²) in [4.78, 5) is 15.7. The normalized spacial score (nSPS) is 22.1. The monoisotopic (exact) mass is 584 g/mol. The molecule has 0 aromatic heterocycles. The lowest BCUT2D eigenvalue weighted by Gasteiger charge is -2.32. The number of halogens is 9. The van der Waals surface area contributed by atoms with Gasteiger partial charge in [0.2, 0.25) is 0 Å². The number of hydrogen-bond acceptors (Lipinski definition) is 4. The van der Waals surface area contributed by atoms with E-state index in [2.05, 4.69) is 0 Å². The summed E-state index contributed by atoms with van der Waals surface area (Å²) in [5, 5.41) is 0. The molecule has 2 aromatic carbocycles. The van der Waals surface area contributed by atoms with E-state index < -0.39 is 65.6 Å². The predicted octanol–water partition coefficient (Wildman–Crippen LogP) is 7.44. The Morgan fingerprint density at radius 1 is 0.900 bits per heavy atom. The molecule has 0 radical (unpaired) electrons. The fourth-order valence-corrected chi connectivity index (χ4v) is 5.05. The quantitative estimate of drug-likeness (QED) is 0.331. The summed E-state index contributed by atoms with van der Waals surface area (Å²) in [7, 11) is 0. The summed E-state index contributed by atoms with van der Waals surface area (Å²) < 4.78 is 132. The van der Waals surface area contributed by atoms with E-state index in [4.69, 9.17) is 9.47 Å². The molecule has 2 aliphatic rings. The van der Waals surface area contributed by atoms with Crippen LogP contribution in [0.4, 0.5) is 50.0 Å². The van der Waals surface area contributed by atoms with E-state index in [-0.39, 0.29) is 17.7 Å². The highest BCUT2D eigenvalue weighted by Crippen LogP contribution is 2.42. The molecule has 0 spiro atoms. The Labute approximate surface area is 223 Å². The molecule has 1 amide bonds. The Kier molecular flexibility index (Phi) is 7.96. The highest BCUT2D eigenvalue weighted by molar-refractivity contribution is 5.72. The van der Waals surface area contributed by atoms with Crippen LogP contribution in [0.25, 0.3) is 0 Å². The van der Waals surface area contributed by atoms with Gasteiger partial charge in [-0.05, 0) is 67.8 Å². The van der Waals surface area contributed by atoms with Gasteiger partial charge in [0.15, 0.2) is 0 Å². The number of ether oxygens (including phenoxy) is 2. The number of hydrogen-bond donors (Lipinski definition) is 0. The third kappa shape index (κ3) is 6.11. The lowest BCUT2D eigenvalue weighted by molar-refractivity contribution is -0.143. The Morgan fingerprint density at radius 2 is 1.50 bits per heavy atom. The van der Waals surface area contributed by atoms with Crippen LogP contribution in [0.2, 0.25) is 0 Å². The van der Waals surface area contributed by atoms with E-state index in [1.54, 1.807) is 6.92 Å². The van der Waals surface area contributed by atoms with E-state index >= 15 is 0 Å². The van der Waals surface area contributed by atoms with Gasteiger partial charge in [-0.25, -0.2) is 4.79 Å². The molecule has 0 bridgehead atoms. The minimum atomic E-state index is -5.11. The van der Waals surface area contributed by atoms with Crippen LogP contribution in [0.1, 0.15) is 54.2 Å². The molecule has 2 fully saturated rings. The lowest BCUT2D eigenvalue weighted by atomic mass is 9.97. The van der Waals surface area contributed by atoms with E-state index in [0.717, 1.165) is 17.0 Å². The van der Waals surface area contributed by atoms with Crippen LogP contribution in [0, 0.1) is 0 Å². The zero-order chi connectivity index (χ0) is 29.6. The third-order valence-electron chi connectivity index (χ3n) is 7.07. The number of alkyl halides is 9. The number of nitrogens with zero attached hydrogens (tertiary/aromatic N) is 2. The molecule has 220 valence electrons. The molecular formula is C26H25F9N2O3. The molecule has 3 atom stereocenters. The average molecular weight is 584 g/mol. The van der Waals surface area contributed by atoms with Crippen molar-refractivity contribution >= 4 is 11.8 Å². The number of benzene rings is 2. The van der Waals surface area contributed by atoms with Gasteiger partial charge in [-0.3, -0.25) is 4.90 Å². The molecule has 2 aliphatic heterocycles. The number of cyclic esters (lactones) is 1. The van der Waals surface area contributed by atoms with E-state index in [1.807, 2.05) is 4.90 Å². The van der Waals surface area contributed by atoms with Gasteiger partial charge in [-0.2, -0.15) is 39.5 Å². The molecule has 40 heavy (non-hydrogen) atoms. The zero-order valence-electron chi connectivity index (χ0n) is 21.3. The third-order valence-corrected chi connectivity index (χ3v) is 7.07. The summed E-state index contributed by atoms with van der Waals surface area (Å²) in [6, 6.07) is 2.74. The van der Waals surface area contributed by atoms with Crippen LogP contribution in [-0.4, -0.2) is 42.8 Å². The number of anilines is 1. The first-order valence-electron chi connectivity index (χ1n) is 12.3. The molecule has 5 nitrogen and oxygen atoms in total. The molecule has 0 N–H and O–H groups in total. The largest absolute Gasteiger partial charge is 0.439 e. The minimum Gasteiger partial charge on any atom is -0.439 e. The van der Waals surface area contributed by atoms with Crippen molar-refractivity contribution in [3.05, 3.63) is 64.2 Å². The maximum Gasteiger partial charge on any atom is 0.416 e.